The Labute approximate surface area is 267 Å². The van der Waals surface area contributed by atoms with Crippen molar-refractivity contribution in [1.82, 2.24) is 0 Å². The lowest BCUT2D eigenvalue weighted by Crippen LogP contribution is -2.54. The molecule has 0 aromatic carbocycles. The van der Waals surface area contributed by atoms with Crippen LogP contribution < -0.4 is 0 Å². The average Bonchev–Trinajstić information content (AvgIpc) is 2.96. The van der Waals surface area contributed by atoms with Crippen LogP contribution in [0.5, 0.6) is 0 Å². The van der Waals surface area contributed by atoms with Crippen molar-refractivity contribution >= 4 is 11.9 Å². The molecule has 0 saturated heterocycles. The highest BCUT2D eigenvalue weighted by Crippen LogP contribution is 2.64. The van der Waals surface area contributed by atoms with Gasteiger partial charge in [-0.25, -0.2) is 0 Å². The fourth-order valence-electron chi connectivity index (χ4n) is 11.5. The maximum absolute atomic E-state index is 12.0. The van der Waals surface area contributed by atoms with Gasteiger partial charge in [0.1, 0.15) is 0 Å². The Kier molecular flexibility index (Phi) is 8.78. The Bertz CT molecular complexity index is 1270. The highest BCUT2D eigenvalue weighted by atomic mass is 16.4. The molecule has 0 aliphatic heterocycles. The highest BCUT2D eigenvalue weighted by molar-refractivity contribution is 5.75. The van der Waals surface area contributed by atoms with E-state index in [1.54, 1.807) is 11.1 Å². The first-order valence-corrected chi connectivity index (χ1v) is 17.8. The van der Waals surface area contributed by atoms with Crippen molar-refractivity contribution in [2.24, 2.45) is 56.7 Å². The van der Waals surface area contributed by atoms with Crippen LogP contribution >= 0.6 is 0 Å². The molecule has 0 amide bonds. The SMILES string of the molecule is C=C[C@@]1(C)C=C2CCC3[C@](C)(CCC[C@@]3(C)C(=O)O)C2CC1.CC(C)C1=CC2=CCC3[C@](C)(CCC[C@@]3(C)C(=O)O)C2CC1. The fourth-order valence-corrected chi connectivity index (χ4v) is 11.5. The normalized spacial score (nSPS) is 44.6. The van der Waals surface area contributed by atoms with Gasteiger partial charge in [0.05, 0.1) is 10.8 Å². The quantitative estimate of drug-likeness (QED) is 0.313. The summed E-state index contributed by atoms with van der Waals surface area (Å²) in [6.07, 6.45) is 23.3. The number of carboxylic acids is 2. The number of aliphatic carboxylic acids is 2. The second-order valence-corrected chi connectivity index (χ2v) is 17.2. The summed E-state index contributed by atoms with van der Waals surface area (Å²) in [4.78, 5) is 23.9. The summed E-state index contributed by atoms with van der Waals surface area (Å²) < 4.78 is 0. The molecule has 4 nitrogen and oxygen atoms in total. The van der Waals surface area contributed by atoms with Gasteiger partial charge in [-0.15, -0.1) is 6.58 Å². The molecular formula is C40H60O4. The molecule has 3 saturated carbocycles. The summed E-state index contributed by atoms with van der Waals surface area (Å²) in [7, 11) is 0. The first kappa shape index (κ1) is 33.3. The van der Waals surface area contributed by atoms with E-state index in [2.05, 4.69) is 65.5 Å². The summed E-state index contributed by atoms with van der Waals surface area (Å²) in [6, 6.07) is 0. The maximum Gasteiger partial charge on any atom is 0.309 e. The Balaban J connectivity index is 0.000000175. The van der Waals surface area contributed by atoms with Crippen LogP contribution in [0.1, 0.15) is 132 Å². The monoisotopic (exact) mass is 604 g/mol. The van der Waals surface area contributed by atoms with Crippen molar-refractivity contribution in [2.75, 3.05) is 0 Å². The summed E-state index contributed by atoms with van der Waals surface area (Å²) in [6.45, 7) is 19.6. The van der Waals surface area contributed by atoms with Gasteiger partial charge in [-0.2, -0.15) is 0 Å². The van der Waals surface area contributed by atoms with Gasteiger partial charge in [0, 0.05) is 5.41 Å². The first-order chi connectivity index (χ1) is 20.5. The molecule has 0 aromatic rings. The lowest BCUT2D eigenvalue weighted by atomic mass is 9.45. The molecule has 4 unspecified atom stereocenters. The molecule has 9 atom stereocenters. The zero-order valence-electron chi connectivity index (χ0n) is 28.8. The molecule has 244 valence electrons. The van der Waals surface area contributed by atoms with Gasteiger partial charge in [0.15, 0.2) is 0 Å². The van der Waals surface area contributed by atoms with Crippen LogP contribution in [0.3, 0.4) is 0 Å². The topological polar surface area (TPSA) is 74.6 Å². The standard InChI is InChI=1S/2C20H30O2/c1-13(2)14-6-8-16-15(12-14)7-9-17-19(16,3)10-5-11-20(17,4)18(21)22;1-5-18(2)12-9-15-14(13-18)7-8-16-19(15,3)10-6-11-20(16,4)17(21)22/h7,12-13,16-17H,5-6,8-11H2,1-4H3,(H,21,22);5,13,15-16H,1,6-12H2,2-4H3,(H,21,22)/t16?,17?,19-,20-;15?,16?,18-,19-,20-/m11/s1. The fraction of sp³-hybridized carbons (Fsp3) is 0.750. The molecule has 4 heteroatoms. The number of rotatable bonds is 4. The third-order valence-electron chi connectivity index (χ3n) is 14.5. The average molecular weight is 605 g/mol. The highest BCUT2D eigenvalue weighted by Gasteiger charge is 2.59. The molecule has 6 aliphatic rings. The smallest absolute Gasteiger partial charge is 0.309 e. The van der Waals surface area contributed by atoms with E-state index >= 15 is 0 Å². The summed E-state index contributed by atoms with van der Waals surface area (Å²) in [5.41, 5.74) is 4.05. The van der Waals surface area contributed by atoms with Gasteiger partial charge in [0.25, 0.3) is 0 Å². The summed E-state index contributed by atoms with van der Waals surface area (Å²) in [5.74, 6) is 1.21. The van der Waals surface area contributed by atoms with Gasteiger partial charge in [-0.1, -0.05) is 82.9 Å². The Morgan fingerprint density at radius 1 is 0.818 bits per heavy atom. The van der Waals surface area contributed by atoms with Crippen molar-refractivity contribution in [3.63, 3.8) is 0 Å². The van der Waals surface area contributed by atoms with Crippen molar-refractivity contribution in [3.8, 4) is 0 Å². The molecule has 6 aliphatic carbocycles. The van der Waals surface area contributed by atoms with E-state index in [1.807, 2.05) is 13.8 Å². The molecular weight excluding hydrogens is 544 g/mol. The first-order valence-electron chi connectivity index (χ1n) is 17.8. The van der Waals surface area contributed by atoms with Crippen LogP contribution in [0, 0.1) is 56.7 Å². The Morgan fingerprint density at radius 3 is 1.98 bits per heavy atom. The molecule has 0 spiro atoms. The number of allylic oxidation sites excluding steroid dienone is 7. The largest absolute Gasteiger partial charge is 0.481 e. The van der Waals surface area contributed by atoms with E-state index in [9.17, 15) is 19.8 Å². The van der Waals surface area contributed by atoms with Crippen LogP contribution in [0.25, 0.3) is 0 Å². The lowest BCUT2D eigenvalue weighted by Gasteiger charge is -2.59. The van der Waals surface area contributed by atoms with Gasteiger partial charge < -0.3 is 10.2 Å². The Hall–Kier alpha value is -2.10. The van der Waals surface area contributed by atoms with E-state index in [-0.39, 0.29) is 22.2 Å². The van der Waals surface area contributed by atoms with Gasteiger partial charge in [-0.05, 0) is 130 Å². The van der Waals surface area contributed by atoms with E-state index in [0.717, 1.165) is 51.4 Å². The number of carbonyl (C=O) groups is 2. The molecule has 0 heterocycles. The van der Waals surface area contributed by atoms with Crippen LogP contribution in [0.2, 0.25) is 0 Å². The molecule has 3 fully saturated rings. The zero-order chi connectivity index (χ0) is 32.3. The molecule has 0 bridgehead atoms. The maximum atomic E-state index is 12.0. The minimum Gasteiger partial charge on any atom is -0.481 e. The summed E-state index contributed by atoms with van der Waals surface area (Å²) in [5, 5.41) is 19.7. The van der Waals surface area contributed by atoms with Crippen molar-refractivity contribution in [2.45, 2.75) is 132 Å². The van der Waals surface area contributed by atoms with Crippen LogP contribution in [0.4, 0.5) is 0 Å². The third-order valence-corrected chi connectivity index (χ3v) is 14.5. The second-order valence-electron chi connectivity index (χ2n) is 17.2. The van der Waals surface area contributed by atoms with Crippen LogP contribution in [-0.4, -0.2) is 22.2 Å². The summed E-state index contributed by atoms with van der Waals surface area (Å²) >= 11 is 0. The molecule has 6 rings (SSSR count). The van der Waals surface area contributed by atoms with Gasteiger partial charge >= 0.3 is 11.9 Å². The number of carboxylic acid groups (broad SMARTS) is 2. The lowest BCUT2D eigenvalue weighted by molar-refractivity contribution is -0.164. The zero-order valence-corrected chi connectivity index (χ0v) is 28.8. The van der Waals surface area contributed by atoms with E-state index < -0.39 is 22.8 Å². The van der Waals surface area contributed by atoms with E-state index in [0.29, 0.717) is 23.7 Å². The number of fused-ring (bicyclic) bond motifs is 6. The van der Waals surface area contributed by atoms with Crippen molar-refractivity contribution in [1.29, 1.82) is 0 Å². The second kappa shape index (κ2) is 11.6. The predicted molar refractivity (Wildman–Crippen MR) is 179 cm³/mol. The minimum atomic E-state index is -0.588. The molecule has 44 heavy (non-hydrogen) atoms. The van der Waals surface area contributed by atoms with E-state index in [1.165, 1.54) is 37.7 Å². The number of hydrogen-bond acceptors (Lipinski definition) is 2. The molecule has 0 aromatic heterocycles. The van der Waals surface area contributed by atoms with E-state index in [4.69, 9.17) is 0 Å². The Morgan fingerprint density at radius 2 is 1.41 bits per heavy atom. The van der Waals surface area contributed by atoms with Gasteiger partial charge in [0.2, 0.25) is 0 Å². The number of hydrogen-bond donors (Lipinski definition) is 2. The predicted octanol–water partition coefficient (Wildman–Crippen LogP) is 10.4. The molecule has 2 N–H and O–H groups in total. The third kappa shape index (κ3) is 5.28. The van der Waals surface area contributed by atoms with Crippen molar-refractivity contribution in [3.05, 3.63) is 47.6 Å². The molecule has 0 radical (unpaired) electrons. The minimum absolute atomic E-state index is 0.139. The van der Waals surface area contributed by atoms with Crippen LogP contribution in [-0.2, 0) is 9.59 Å². The van der Waals surface area contributed by atoms with Crippen molar-refractivity contribution < 1.29 is 19.8 Å². The van der Waals surface area contributed by atoms with Crippen LogP contribution in [0.15, 0.2) is 47.6 Å². The van der Waals surface area contributed by atoms with Gasteiger partial charge in [-0.3, -0.25) is 9.59 Å².